The summed E-state index contributed by atoms with van der Waals surface area (Å²) in [6.07, 6.45) is 2.90. The number of hydrogen-bond acceptors (Lipinski definition) is 4. The molecule has 0 spiro atoms. The van der Waals surface area contributed by atoms with Crippen molar-refractivity contribution in [2.75, 3.05) is 0 Å². The summed E-state index contributed by atoms with van der Waals surface area (Å²) in [5, 5.41) is 2.79. The Hall–Kier alpha value is -2.56. The van der Waals surface area contributed by atoms with E-state index in [0.717, 1.165) is 11.3 Å². The molecule has 0 bridgehead atoms. The van der Waals surface area contributed by atoms with E-state index in [9.17, 15) is 9.59 Å². The smallest absolute Gasteiger partial charge is 0.328 e. The lowest BCUT2D eigenvalue weighted by atomic mass is 10.0. The first-order chi connectivity index (χ1) is 12.0. The molecule has 2 rings (SSSR count). The third-order valence-corrected chi connectivity index (χ3v) is 3.73. The van der Waals surface area contributed by atoms with Crippen molar-refractivity contribution in [1.29, 1.82) is 0 Å². The van der Waals surface area contributed by atoms with E-state index < -0.39 is 12.0 Å². The zero-order valence-electron chi connectivity index (χ0n) is 14.7. The van der Waals surface area contributed by atoms with Crippen molar-refractivity contribution in [2.45, 2.75) is 45.8 Å². The first kappa shape index (κ1) is 18.8. The van der Waals surface area contributed by atoms with Gasteiger partial charge in [0, 0.05) is 12.8 Å². The van der Waals surface area contributed by atoms with Crippen LogP contribution in [-0.4, -0.2) is 17.9 Å². The molecule has 2 aromatic rings. The Morgan fingerprint density at radius 1 is 1.12 bits per heavy atom. The van der Waals surface area contributed by atoms with E-state index in [1.165, 1.54) is 0 Å². The molecule has 0 fully saturated rings. The van der Waals surface area contributed by atoms with E-state index in [1.54, 1.807) is 12.3 Å². The van der Waals surface area contributed by atoms with Gasteiger partial charge in [0.25, 0.3) is 0 Å². The van der Waals surface area contributed by atoms with Gasteiger partial charge >= 0.3 is 5.97 Å². The maximum Gasteiger partial charge on any atom is 0.328 e. The van der Waals surface area contributed by atoms with Gasteiger partial charge in [-0.1, -0.05) is 44.2 Å². The lowest BCUT2D eigenvalue weighted by molar-refractivity contribution is -0.149. The van der Waals surface area contributed by atoms with Crippen LogP contribution in [0.1, 0.15) is 38.0 Å². The number of nitrogens with one attached hydrogen (secondary N) is 1. The molecule has 0 unspecified atom stereocenters. The molecule has 134 valence electrons. The van der Waals surface area contributed by atoms with Crippen LogP contribution in [0.5, 0.6) is 0 Å². The Bertz CT molecular complexity index is 650. The minimum Gasteiger partial charge on any atom is -0.469 e. The maximum atomic E-state index is 12.4. The molecule has 5 heteroatoms. The van der Waals surface area contributed by atoms with Gasteiger partial charge < -0.3 is 14.5 Å². The normalized spacial score (nSPS) is 12.0. The maximum absolute atomic E-state index is 12.4. The second kappa shape index (κ2) is 9.67. The SMILES string of the molecule is CC(C)C[C@H](NC(=O)CCc1ccco1)C(=O)OCc1ccccc1. The molecular weight excluding hydrogens is 318 g/mol. The standard InChI is InChI=1S/C20H25NO4/c1-15(2)13-18(20(23)25-14-16-7-4-3-5-8-16)21-19(22)11-10-17-9-6-12-24-17/h3-9,12,15,18H,10-11,13-14H2,1-2H3,(H,21,22)/t18-/m0/s1. The average molecular weight is 343 g/mol. The zero-order chi connectivity index (χ0) is 18.1. The fourth-order valence-electron chi connectivity index (χ4n) is 2.47. The summed E-state index contributed by atoms with van der Waals surface area (Å²) < 4.78 is 10.6. The number of furan rings is 1. The molecule has 0 saturated carbocycles. The molecule has 0 radical (unpaired) electrons. The second-order valence-corrected chi connectivity index (χ2v) is 6.42. The summed E-state index contributed by atoms with van der Waals surface area (Å²) in [5.74, 6) is 0.435. The fraction of sp³-hybridized carbons (Fsp3) is 0.400. The van der Waals surface area contributed by atoms with Crippen molar-refractivity contribution >= 4 is 11.9 Å². The zero-order valence-corrected chi connectivity index (χ0v) is 14.7. The molecule has 5 nitrogen and oxygen atoms in total. The van der Waals surface area contributed by atoms with Gasteiger partial charge in [0.2, 0.25) is 5.91 Å². The number of benzene rings is 1. The van der Waals surface area contributed by atoms with Crippen LogP contribution in [0.4, 0.5) is 0 Å². The van der Waals surface area contributed by atoms with Gasteiger partial charge in [-0.2, -0.15) is 0 Å². The number of aryl methyl sites for hydroxylation is 1. The number of hydrogen-bond donors (Lipinski definition) is 1. The van der Waals surface area contributed by atoms with Crippen molar-refractivity contribution in [3.8, 4) is 0 Å². The molecular formula is C20H25NO4. The molecule has 25 heavy (non-hydrogen) atoms. The van der Waals surface area contributed by atoms with E-state index >= 15 is 0 Å². The third-order valence-electron chi connectivity index (χ3n) is 3.73. The number of carbonyl (C=O) groups excluding carboxylic acids is 2. The van der Waals surface area contributed by atoms with Gasteiger partial charge in [0.15, 0.2) is 0 Å². The summed E-state index contributed by atoms with van der Waals surface area (Å²) in [4.78, 5) is 24.5. The molecule has 0 aliphatic heterocycles. The highest BCUT2D eigenvalue weighted by molar-refractivity contribution is 5.84. The van der Waals surface area contributed by atoms with Crippen molar-refractivity contribution in [2.24, 2.45) is 5.92 Å². The highest BCUT2D eigenvalue weighted by Gasteiger charge is 2.23. The molecule has 0 saturated heterocycles. The quantitative estimate of drug-likeness (QED) is 0.708. The third kappa shape index (κ3) is 6.83. The molecule has 1 atom stereocenters. The van der Waals surface area contributed by atoms with Crippen molar-refractivity contribution in [3.05, 3.63) is 60.1 Å². The summed E-state index contributed by atoms with van der Waals surface area (Å²) in [6, 6.07) is 12.5. The number of esters is 1. The molecule has 1 aromatic heterocycles. The van der Waals surface area contributed by atoms with Crippen molar-refractivity contribution in [1.82, 2.24) is 5.32 Å². The van der Waals surface area contributed by atoms with Crippen LogP contribution in [0.15, 0.2) is 53.1 Å². The van der Waals surface area contributed by atoms with Gasteiger partial charge in [0.05, 0.1) is 6.26 Å². The molecule has 1 heterocycles. The number of ether oxygens (including phenoxy) is 1. The Balaban J connectivity index is 1.85. The number of carbonyl (C=O) groups is 2. The van der Waals surface area contributed by atoms with E-state index in [2.05, 4.69) is 5.32 Å². The average Bonchev–Trinajstić information content (AvgIpc) is 3.11. The lowest BCUT2D eigenvalue weighted by Crippen LogP contribution is -2.42. The van der Waals surface area contributed by atoms with Crippen molar-refractivity contribution < 1.29 is 18.7 Å². The summed E-state index contributed by atoms with van der Waals surface area (Å²) >= 11 is 0. The monoisotopic (exact) mass is 343 g/mol. The predicted octanol–water partition coefficient (Wildman–Crippen LogP) is 3.49. The van der Waals surface area contributed by atoms with Gasteiger partial charge in [-0.15, -0.1) is 0 Å². The minimum absolute atomic E-state index is 0.182. The molecule has 1 amide bonds. The molecule has 0 aliphatic rings. The molecule has 1 N–H and O–H groups in total. The highest BCUT2D eigenvalue weighted by Crippen LogP contribution is 2.10. The number of amides is 1. The van der Waals surface area contributed by atoms with Crippen LogP contribution >= 0.6 is 0 Å². The van der Waals surface area contributed by atoms with Gasteiger partial charge in [-0.3, -0.25) is 4.79 Å². The van der Waals surface area contributed by atoms with Crippen LogP contribution in [0.25, 0.3) is 0 Å². The highest BCUT2D eigenvalue weighted by atomic mass is 16.5. The minimum atomic E-state index is -0.632. The first-order valence-electron chi connectivity index (χ1n) is 8.57. The molecule has 1 aromatic carbocycles. The fourth-order valence-corrected chi connectivity index (χ4v) is 2.47. The number of rotatable bonds is 9. The Kier molecular flexibility index (Phi) is 7.26. The van der Waals surface area contributed by atoms with Crippen LogP contribution in [0, 0.1) is 5.92 Å². The van der Waals surface area contributed by atoms with E-state index in [-0.39, 0.29) is 24.9 Å². The Morgan fingerprint density at radius 3 is 2.52 bits per heavy atom. The first-order valence-corrected chi connectivity index (χ1v) is 8.57. The summed E-state index contributed by atoms with van der Waals surface area (Å²) in [7, 11) is 0. The van der Waals surface area contributed by atoms with E-state index in [4.69, 9.17) is 9.15 Å². The predicted molar refractivity (Wildman–Crippen MR) is 94.7 cm³/mol. The molecule has 0 aliphatic carbocycles. The topological polar surface area (TPSA) is 68.5 Å². The van der Waals surface area contributed by atoms with Gasteiger partial charge in [-0.05, 0) is 30.0 Å². The van der Waals surface area contributed by atoms with Crippen LogP contribution in [0.2, 0.25) is 0 Å². The van der Waals surface area contributed by atoms with Crippen LogP contribution in [-0.2, 0) is 27.4 Å². The Morgan fingerprint density at radius 2 is 1.88 bits per heavy atom. The van der Waals surface area contributed by atoms with Gasteiger partial charge in [-0.25, -0.2) is 4.79 Å². The van der Waals surface area contributed by atoms with E-state index in [0.29, 0.717) is 12.8 Å². The largest absolute Gasteiger partial charge is 0.469 e. The Labute approximate surface area is 148 Å². The van der Waals surface area contributed by atoms with Gasteiger partial charge in [0.1, 0.15) is 18.4 Å². The van der Waals surface area contributed by atoms with E-state index in [1.807, 2.05) is 50.2 Å². The van der Waals surface area contributed by atoms with Crippen molar-refractivity contribution in [3.63, 3.8) is 0 Å². The summed E-state index contributed by atoms with van der Waals surface area (Å²) in [5.41, 5.74) is 0.920. The summed E-state index contributed by atoms with van der Waals surface area (Å²) in [6.45, 7) is 4.22. The van der Waals surface area contributed by atoms with Crippen LogP contribution in [0.3, 0.4) is 0 Å². The second-order valence-electron chi connectivity index (χ2n) is 6.42. The lowest BCUT2D eigenvalue weighted by Gasteiger charge is -2.19. The van der Waals surface area contributed by atoms with Crippen LogP contribution < -0.4 is 5.32 Å².